The molecule has 4 N–H and O–H groups in total. The van der Waals surface area contributed by atoms with Gasteiger partial charge >= 0.3 is 0 Å². The van der Waals surface area contributed by atoms with Gasteiger partial charge < -0.3 is 16.3 Å². The van der Waals surface area contributed by atoms with Crippen LogP contribution in [0.1, 0.15) is 39.5 Å². The highest BCUT2D eigenvalue weighted by molar-refractivity contribution is 5.79. The molecule has 82 valence electrons. The number of hydrogen-bond donors (Lipinski definition) is 3. The van der Waals surface area contributed by atoms with Gasteiger partial charge in [0, 0.05) is 19.0 Å². The summed E-state index contributed by atoms with van der Waals surface area (Å²) in [5, 5.41) is 14.8. The van der Waals surface area contributed by atoms with Crippen LogP contribution in [0.5, 0.6) is 0 Å². The molecule has 1 aliphatic rings. The molecule has 1 saturated carbocycles. The largest absolute Gasteiger partial charge is 0.409 e. The first-order valence-corrected chi connectivity index (χ1v) is 5.26. The molecule has 1 fully saturated rings. The van der Waals surface area contributed by atoms with Gasteiger partial charge in [0.15, 0.2) is 0 Å². The van der Waals surface area contributed by atoms with Crippen molar-refractivity contribution in [3.05, 3.63) is 0 Å². The zero-order chi connectivity index (χ0) is 10.6. The van der Waals surface area contributed by atoms with Gasteiger partial charge in [-0.25, -0.2) is 0 Å². The van der Waals surface area contributed by atoms with Crippen LogP contribution in [0.3, 0.4) is 0 Å². The summed E-state index contributed by atoms with van der Waals surface area (Å²) in [4.78, 5) is 0. The van der Waals surface area contributed by atoms with Gasteiger partial charge in [0.25, 0.3) is 0 Å². The molecule has 14 heavy (non-hydrogen) atoms. The van der Waals surface area contributed by atoms with E-state index in [4.69, 9.17) is 10.9 Å². The summed E-state index contributed by atoms with van der Waals surface area (Å²) in [5.41, 5.74) is 5.78. The minimum absolute atomic E-state index is 0.299. The second-order valence-electron chi connectivity index (χ2n) is 4.73. The molecule has 1 atom stereocenters. The third-order valence-electron chi connectivity index (χ3n) is 3.16. The van der Waals surface area contributed by atoms with Crippen LogP contribution in [0, 0.1) is 5.41 Å². The summed E-state index contributed by atoms with van der Waals surface area (Å²) >= 11 is 0. The Morgan fingerprint density at radius 2 is 2.36 bits per heavy atom. The van der Waals surface area contributed by atoms with E-state index >= 15 is 0 Å². The van der Waals surface area contributed by atoms with Gasteiger partial charge in [0.1, 0.15) is 5.84 Å². The molecule has 0 aromatic carbocycles. The molecule has 0 saturated heterocycles. The molecule has 4 nitrogen and oxygen atoms in total. The van der Waals surface area contributed by atoms with Crippen LogP contribution >= 0.6 is 0 Å². The highest BCUT2D eigenvalue weighted by atomic mass is 16.4. The van der Waals surface area contributed by atoms with E-state index in [1.54, 1.807) is 0 Å². The number of hydrogen-bond acceptors (Lipinski definition) is 3. The Morgan fingerprint density at radius 3 is 2.86 bits per heavy atom. The Labute approximate surface area is 85.6 Å². The van der Waals surface area contributed by atoms with Gasteiger partial charge in [0.2, 0.25) is 0 Å². The van der Waals surface area contributed by atoms with E-state index in [1.165, 1.54) is 19.3 Å². The van der Waals surface area contributed by atoms with Gasteiger partial charge in [-0.1, -0.05) is 25.4 Å². The highest BCUT2D eigenvalue weighted by Gasteiger charge is 2.33. The average molecular weight is 199 g/mol. The van der Waals surface area contributed by atoms with E-state index in [0.717, 1.165) is 6.54 Å². The van der Waals surface area contributed by atoms with Crippen LogP contribution in [-0.4, -0.2) is 23.6 Å². The first kappa shape index (κ1) is 11.3. The van der Waals surface area contributed by atoms with Crippen molar-refractivity contribution in [1.82, 2.24) is 5.32 Å². The standard InChI is InChI=1S/C10H21N3O/c1-10(2)6-3-4-8(10)12-7-5-9(11)13-14/h8,12,14H,3-7H2,1-2H3,(H2,11,13). The Morgan fingerprint density at radius 1 is 1.64 bits per heavy atom. The Bertz CT molecular complexity index is 213. The highest BCUT2D eigenvalue weighted by Crippen LogP contribution is 2.36. The molecule has 1 rings (SSSR count). The van der Waals surface area contributed by atoms with Gasteiger partial charge in [-0.15, -0.1) is 0 Å². The summed E-state index contributed by atoms with van der Waals surface area (Å²) in [7, 11) is 0. The summed E-state index contributed by atoms with van der Waals surface area (Å²) in [6.07, 6.45) is 4.44. The van der Waals surface area contributed by atoms with Crippen molar-refractivity contribution in [3.63, 3.8) is 0 Å². The van der Waals surface area contributed by atoms with Crippen molar-refractivity contribution in [2.75, 3.05) is 6.54 Å². The molecule has 0 heterocycles. The topological polar surface area (TPSA) is 70.6 Å². The van der Waals surface area contributed by atoms with E-state index in [9.17, 15) is 0 Å². The van der Waals surface area contributed by atoms with E-state index in [0.29, 0.717) is 23.7 Å². The Balaban J connectivity index is 2.25. The normalized spacial score (nSPS) is 26.7. The summed E-state index contributed by atoms with van der Waals surface area (Å²) in [6.45, 7) is 5.38. The van der Waals surface area contributed by atoms with Crippen molar-refractivity contribution in [3.8, 4) is 0 Å². The number of amidine groups is 1. The lowest BCUT2D eigenvalue weighted by Gasteiger charge is -2.27. The monoisotopic (exact) mass is 199 g/mol. The summed E-state index contributed by atoms with van der Waals surface area (Å²) in [5.74, 6) is 0.299. The number of oxime groups is 1. The number of nitrogens with zero attached hydrogens (tertiary/aromatic N) is 1. The van der Waals surface area contributed by atoms with E-state index in [2.05, 4.69) is 24.3 Å². The molecule has 0 aromatic rings. The third-order valence-corrected chi connectivity index (χ3v) is 3.16. The van der Waals surface area contributed by atoms with E-state index in [1.807, 2.05) is 0 Å². The maximum Gasteiger partial charge on any atom is 0.140 e. The maximum absolute atomic E-state index is 8.36. The molecule has 4 heteroatoms. The fourth-order valence-corrected chi connectivity index (χ4v) is 2.13. The van der Waals surface area contributed by atoms with E-state index < -0.39 is 0 Å². The Kier molecular flexibility index (Phi) is 3.75. The third kappa shape index (κ3) is 2.87. The SMILES string of the molecule is CC1(C)CCCC1NCCC(N)=NO. The fourth-order valence-electron chi connectivity index (χ4n) is 2.13. The smallest absolute Gasteiger partial charge is 0.140 e. The van der Waals surface area contributed by atoms with Gasteiger partial charge in [-0.05, 0) is 18.3 Å². The van der Waals surface area contributed by atoms with Crippen LogP contribution in [-0.2, 0) is 0 Å². The van der Waals surface area contributed by atoms with Crippen LogP contribution in [0.25, 0.3) is 0 Å². The summed E-state index contributed by atoms with van der Waals surface area (Å²) < 4.78 is 0. The number of nitrogens with one attached hydrogen (secondary N) is 1. The van der Waals surface area contributed by atoms with Crippen molar-refractivity contribution in [1.29, 1.82) is 0 Å². The zero-order valence-electron chi connectivity index (χ0n) is 9.08. The van der Waals surface area contributed by atoms with Crippen LogP contribution < -0.4 is 11.1 Å². The minimum Gasteiger partial charge on any atom is -0.409 e. The minimum atomic E-state index is 0.299. The molecule has 0 amide bonds. The molecule has 0 bridgehead atoms. The predicted molar refractivity (Wildman–Crippen MR) is 57.4 cm³/mol. The van der Waals surface area contributed by atoms with Gasteiger partial charge in [0.05, 0.1) is 0 Å². The molecule has 0 aromatic heterocycles. The quantitative estimate of drug-likeness (QED) is 0.276. The van der Waals surface area contributed by atoms with Crippen LogP contribution in [0.2, 0.25) is 0 Å². The molecule has 0 aliphatic heterocycles. The molecule has 0 radical (unpaired) electrons. The maximum atomic E-state index is 8.36. The van der Waals surface area contributed by atoms with Crippen LogP contribution in [0.4, 0.5) is 0 Å². The Hall–Kier alpha value is -0.770. The van der Waals surface area contributed by atoms with Crippen molar-refractivity contribution in [2.45, 2.75) is 45.6 Å². The lowest BCUT2D eigenvalue weighted by molar-refractivity contribution is 0.285. The zero-order valence-corrected chi connectivity index (χ0v) is 9.08. The molecule has 1 aliphatic carbocycles. The molecular weight excluding hydrogens is 178 g/mol. The summed E-state index contributed by atoms with van der Waals surface area (Å²) in [6, 6.07) is 0.578. The second kappa shape index (κ2) is 4.64. The van der Waals surface area contributed by atoms with E-state index in [-0.39, 0.29) is 0 Å². The molecular formula is C10H21N3O. The van der Waals surface area contributed by atoms with Crippen molar-refractivity contribution >= 4 is 5.84 Å². The van der Waals surface area contributed by atoms with Gasteiger partial charge in [-0.2, -0.15) is 0 Å². The lowest BCUT2D eigenvalue weighted by Crippen LogP contribution is -2.39. The number of nitrogens with two attached hydrogens (primary N) is 1. The average Bonchev–Trinajstić information content (AvgIpc) is 2.45. The predicted octanol–water partition coefficient (Wildman–Crippen LogP) is 1.29. The van der Waals surface area contributed by atoms with Crippen LogP contribution in [0.15, 0.2) is 5.16 Å². The van der Waals surface area contributed by atoms with Gasteiger partial charge in [-0.3, -0.25) is 0 Å². The first-order valence-electron chi connectivity index (χ1n) is 5.26. The van der Waals surface area contributed by atoms with Crippen molar-refractivity contribution in [2.24, 2.45) is 16.3 Å². The second-order valence-corrected chi connectivity index (χ2v) is 4.73. The fraction of sp³-hybridized carbons (Fsp3) is 0.900. The lowest BCUT2D eigenvalue weighted by atomic mass is 9.87. The molecule has 1 unspecified atom stereocenters. The number of rotatable bonds is 4. The molecule has 0 spiro atoms. The van der Waals surface area contributed by atoms with Crippen molar-refractivity contribution < 1.29 is 5.21 Å². The first-order chi connectivity index (χ1) is 6.56.